The number of fused-ring (bicyclic) bond motifs is 5. The fraction of sp³-hybridized carbons (Fsp3) is 0.971. The minimum absolute atomic E-state index is 0.0799. The molecule has 4 saturated carbocycles. The van der Waals surface area contributed by atoms with Crippen LogP contribution in [0.1, 0.15) is 78.6 Å². The van der Waals surface area contributed by atoms with Crippen LogP contribution >= 0.6 is 0 Å². The van der Waals surface area contributed by atoms with Crippen molar-refractivity contribution >= 4 is 30.9 Å². The van der Waals surface area contributed by atoms with Gasteiger partial charge in [0.05, 0.1) is 13.2 Å². The molecule has 0 saturated heterocycles. The molecule has 0 aromatic rings. The Labute approximate surface area is 262 Å². The lowest BCUT2D eigenvalue weighted by Gasteiger charge is -2.66. The minimum Gasteiger partial charge on any atom is -0.469 e. The predicted molar refractivity (Wildman–Crippen MR) is 181 cm³/mol. The fourth-order valence-corrected chi connectivity index (χ4v) is 14.1. The predicted octanol–water partition coefficient (Wildman–Crippen LogP) is 9.11. The largest absolute Gasteiger partial charge is 0.469 e. The van der Waals surface area contributed by atoms with Crippen molar-refractivity contribution in [1.82, 2.24) is 0 Å². The molecule has 0 N–H and O–H groups in total. The number of carbonyl (C=O) groups is 1. The van der Waals surface area contributed by atoms with E-state index < -0.39 is 25.0 Å². The summed E-state index contributed by atoms with van der Waals surface area (Å²) >= 11 is 0. The molecule has 0 aliphatic heterocycles. The van der Waals surface area contributed by atoms with Gasteiger partial charge in [0.25, 0.3) is 0 Å². The average Bonchev–Trinajstić information content (AvgIpc) is 3.19. The van der Waals surface area contributed by atoms with Crippen molar-refractivity contribution in [2.75, 3.05) is 7.11 Å². The summed E-state index contributed by atoms with van der Waals surface area (Å²) in [5.74, 6) is 3.45. The van der Waals surface area contributed by atoms with E-state index in [0.717, 1.165) is 6.42 Å². The number of hydrogen-bond acceptors (Lipinski definition) is 5. The lowest BCUT2D eigenvalue weighted by Crippen LogP contribution is -2.64. The third-order valence-corrected chi connectivity index (χ3v) is 15.0. The van der Waals surface area contributed by atoms with Crippen molar-refractivity contribution in [2.24, 2.45) is 46.3 Å². The Kier molecular flexibility index (Phi) is 10.2. The van der Waals surface area contributed by atoms with E-state index in [9.17, 15) is 4.79 Å². The van der Waals surface area contributed by atoms with Gasteiger partial charge in [-0.1, -0.05) is 20.8 Å². The molecule has 4 rings (SSSR count). The molecule has 42 heavy (non-hydrogen) atoms. The van der Waals surface area contributed by atoms with Crippen LogP contribution in [-0.2, 0) is 22.8 Å². The summed E-state index contributed by atoms with van der Waals surface area (Å²) in [5, 5.41) is 0. The number of methoxy groups -OCH3 is 1. The molecule has 7 unspecified atom stereocenters. The zero-order chi connectivity index (χ0) is 31.5. The monoisotopic (exact) mass is 638 g/mol. The van der Waals surface area contributed by atoms with Crippen molar-refractivity contribution < 1.29 is 22.8 Å². The minimum atomic E-state index is -1.79. The van der Waals surface area contributed by atoms with Gasteiger partial charge < -0.3 is 18.0 Å². The van der Waals surface area contributed by atoms with E-state index in [-0.39, 0.29) is 17.5 Å². The highest BCUT2D eigenvalue weighted by molar-refractivity contribution is 6.70. The highest BCUT2D eigenvalue weighted by Gasteiger charge is 2.67. The molecular formula is C34H66O5Si3. The van der Waals surface area contributed by atoms with Gasteiger partial charge in [0.15, 0.2) is 25.0 Å². The molecule has 0 bridgehead atoms. The van der Waals surface area contributed by atoms with E-state index >= 15 is 0 Å². The van der Waals surface area contributed by atoms with Crippen molar-refractivity contribution in [1.29, 1.82) is 0 Å². The zero-order valence-electron chi connectivity index (χ0n) is 29.6. The molecule has 8 heteroatoms. The molecule has 0 radical (unpaired) electrons. The molecule has 0 amide bonds. The van der Waals surface area contributed by atoms with E-state index in [4.69, 9.17) is 18.0 Å². The lowest BCUT2D eigenvalue weighted by molar-refractivity contribution is -0.199. The maximum absolute atomic E-state index is 12.1. The second-order valence-electron chi connectivity index (χ2n) is 18.2. The molecule has 0 spiro atoms. The third-order valence-electron chi connectivity index (χ3n) is 12.0. The van der Waals surface area contributed by atoms with Gasteiger partial charge in [-0.05, 0) is 157 Å². The number of hydrogen-bond donors (Lipinski definition) is 0. The summed E-state index contributed by atoms with van der Waals surface area (Å²) in [5.41, 5.74) is 0.430. The summed E-state index contributed by atoms with van der Waals surface area (Å²) in [7, 11) is -3.61. The number of carbonyl (C=O) groups excluding carboxylic acids is 1. The van der Waals surface area contributed by atoms with Crippen molar-refractivity contribution in [3.63, 3.8) is 0 Å². The molecule has 244 valence electrons. The van der Waals surface area contributed by atoms with Crippen molar-refractivity contribution in [2.45, 2.75) is 156 Å². The quantitative estimate of drug-likeness (QED) is 0.176. The van der Waals surface area contributed by atoms with E-state index in [1.54, 1.807) is 0 Å². The van der Waals surface area contributed by atoms with Crippen molar-refractivity contribution in [3.05, 3.63) is 0 Å². The van der Waals surface area contributed by atoms with Crippen LogP contribution in [0.4, 0.5) is 0 Å². The topological polar surface area (TPSA) is 54.0 Å². The Morgan fingerprint density at radius 2 is 1.43 bits per heavy atom. The first-order valence-corrected chi connectivity index (χ1v) is 27.5. The van der Waals surface area contributed by atoms with Crippen LogP contribution in [0.15, 0.2) is 0 Å². The van der Waals surface area contributed by atoms with Crippen LogP contribution in [0.2, 0.25) is 58.9 Å². The first-order valence-electron chi connectivity index (χ1n) is 17.3. The summed E-state index contributed by atoms with van der Waals surface area (Å²) in [6.07, 6.45) is 11.0. The molecule has 4 fully saturated rings. The Bertz CT molecular complexity index is 954. The maximum Gasteiger partial charge on any atom is 0.305 e. The van der Waals surface area contributed by atoms with Gasteiger partial charge in [0.1, 0.15) is 0 Å². The fourth-order valence-electron chi connectivity index (χ4n) is 10.5. The Morgan fingerprint density at radius 3 is 2.00 bits per heavy atom. The molecule has 4 aliphatic carbocycles. The smallest absolute Gasteiger partial charge is 0.305 e. The normalized spacial score (nSPS) is 41.5. The zero-order valence-corrected chi connectivity index (χ0v) is 32.6. The van der Waals surface area contributed by atoms with Crippen LogP contribution in [0, 0.1) is 46.3 Å². The Hall–Kier alpha value is 0.000649. The van der Waals surface area contributed by atoms with E-state index in [0.29, 0.717) is 59.6 Å². The first kappa shape index (κ1) is 34.9. The Balaban J connectivity index is 1.72. The molecule has 4 aliphatic rings. The van der Waals surface area contributed by atoms with Gasteiger partial charge in [-0.3, -0.25) is 4.79 Å². The van der Waals surface area contributed by atoms with Crippen LogP contribution in [0.5, 0.6) is 0 Å². The van der Waals surface area contributed by atoms with Gasteiger partial charge >= 0.3 is 5.97 Å². The van der Waals surface area contributed by atoms with Crippen LogP contribution in [0.25, 0.3) is 0 Å². The van der Waals surface area contributed by atoms with E-state index in [1.807, 2.05) is 0 Å². The van der Waals surface area contributed by atoms with Gasteiger partial charge in [-0.15, -0.1) is 0 Å². The summed E-state index contributed by atoms with van der Waals surface area (Å²) < 4.78 is 26.4. The second-order valence-corrected chi connectivity index (χ2v) is 31.6. The maximum atomic E-state index is 12.1. The number of ether oxygens (including phenoxy) is 1. The SMILES string of the molecule is COC(=O)CCC(C)C1CCC2C3C(C[C@@H](O[Si](C)(C)C)C12C)C1(C)CC[C@@H](O[Si](C)(C)C)C[C@H]1C[C@@H]3O[Si](C)(C)C. The van der Waals surface area contributed by atoms with Gasteiger partial charge in [0, 0.05) is 18.6 Å². The lowest BCUT2D eigenvalue weighted by atomic mass is 9.43. The molecule has 0 aromatic carbocycles. The Morgan fingerprint density at radius 1 is 0.810 bits per heavy atom. The standard InChI is InChI=1S/C34H66O5Si3/c1-23(14-17-31(35)36-4)26-15-16-27-32-28(22-30(34(26,27)3)39-42(11,12)13)33(2)19-18-25(37-40(5,6)7)20-24(33)21-29(32)38-41(8,9)10/h23-30,32H,14-22H2,1-13H3/t23?,24-,25+,26?,27?,28?,29-,30+,32?,33?,34?/m0/s1. The van der Waals surface area contributed by atoms with Crippen LogP contribution in [-0.4, -0.2) is 56.3 Å². The molecule has 11 atom stereocenters. The highest BCUT2D eigenvalue weighted by atomic mass is 28.4. The van der Waals surface area contributed by atoms with Crippen LogP contribution in [0.3, 0.4) is 0 Å². The summed E-state index contributed by atoms with van der Waals surface area (Å²) in [6, 6.07) is 0. The van der Waals surface area contributed by atoms with E-state index in [2.05, 4.69) is 79.7 Å². The molecular weight excluding hydrogens is 573 g/mol. The van der Waals surface area contributed by atoms with Crippen molar-refractivity contribution in [3.8, 4) is 0 Å². The second kappa shape index (κ2) is 12.3. The number of esters is 1. The molecule has 5 nitrogen and oxygen atoms in total. The van der Waals surface area contributed by atoms with Gasteiger partial charge in [0.2, 0.25) is 0 Å². The highest BCUT2D eigenvalue weighted by Crippen LogP contribution is 2.69. The summed E-state index contributed by atoms with van der Waals surface area (Å²) in [6.45, 7) is 29.0. The molecule has 0 aromatic heterocycles. The molecule has 0 heterocycles. The summed E-state index contributed by atoms with van der Waals surface area (Å²) in [4.78, 5) is 12.1. The van der Waals surface area contributed by atoms with Gasteiger partial charge in [-0.2, -0.15) is 0 Å². The van der Waals surface area contributed by atoms with Crippen LogP contribution < -0.4 is 0 Å². The third kappa shape index (κ3) is 7.35. The van der Waals surface area contributed by atoms with Gasteiger partial charge in [-0.25, -0.2) is 0 Å². The first-order chi connectivity index (χ1) is 19.2. The average molecular weight is 639 g/mol. The number of rotatable bonds is 10. The van der Waals surface area contributed by atoms with E-state index in [1.165, 1.54) is 52.1 Å².